The summed E-state index contributed by atoms with van der Waals surface area (Å²) in [7, 11) is 0. The molecule has 1 heterocycles. The molecule has 0 spiro atoms. The van der Waals surface area contributed by atoms with E-state index in [4.69, 9.17) is 4.52 Å². The van der Waals surface area contributed by atoms with Gasteiger partial charge in [-0.1, -0.05) is 5.16 Å². The lowest BCUT2D eigenvalue weighted by atomic mass is 10.4. The highest BCUT2D eigenvalue weighted by molar-refractivity contribution is 7.99. The Morgan fingerprint density at radius 2 is 2.23 bits per heavy atom. The van der Waals surface area contributed by atoms with Gasteiger partial charge >= 0.3 is 0 Å². The molecule has 0 radical (unpaired) electrons. The summed E-state index contributed by atoms with van der Waals surface area (Å²) in [5, 5.41) is 4.03. The third-order valence-electron chi connectivity index (χ3n) is 2.87. The molecular weight excluding hydrogens is 184 g/mol. The molecular formula is C9H12N2OS. The summed E-state index contributed by atoms with van der Waals surface area (Å²) < 4.78 is 5.50. The lowest BCUT2D eigenvalue weighted by Crippen LogP contribution is -2.00. The fourth-order valence-electron chi connectivity index (χ4n) is 1.55. The highest BCUT2D eigenvalue weighted by atomic mass is 32.2. The Morgan fingerprint density at radius 3 is 2.77 bits per heavy atom. The molecule has 2 aliphatic carbocycles. The van der Waals surface area contributed by atoms with Gasteiger partial charge in [0.05, 0.1) is 4.75 Å². The van der Waals surface area contributed by atoms with Crippen molar-refractivity contribution in [3.8, 4) is 0 Å². The van der Waals surface area contributed by atoms with Crippen LogP contribution in [0.3, 0.4) is 0 Å². The molecule has 2 saturated carbocycles. The lowest BCUT2D eigenvalue weighted by molar-refractivity contribution is 0.368. The minimum Gasteiger partial charge on any atom is -0.338 e. The molecule has 1 aromatic heterocycles. The maximum atomic E-state index is 5.30. The van der Waals surface area contributed by atoms with Crippen LogP contribution in [0.25, 0.3) is 0 Å². The van der Waals surface area contributed by atoms with E-state index in [0.29, 0.717) is 5.92 Å². The van der Waals surface area contributed by atoms with E-state index in [2.05, 4.69) is 16.4 Å². The standard InChI is InChI=1S/C9H12N2OS/c1-13-9(4-5-9)8-10-7(11-12-8)6-2-3-6/h6H,2-5H2,1H3. The van der Waals surface area contributed by atoms with Crippen molar-refractivity contribution in [3.63, 3.8) is 0 Å². The number of hydrogen-bond acceptors (Lipinski definition) is 4. The van der Waals surface area contributed by atoms with Crippen LogP contribution >= 0.6 is 11.8 Å². The zero-order chi connectivity index (χ0) is 8.89. The molecule has 0 aromatic carbocycles. The van der Waals surface area contributed by atoms with E-state index in [1.807, 2.05) is 11.8 Å². The topological polar surface area (TPSA) is 38.9 Å². The van der Waals surface area contributed by atoms with Crippen molar-refractivity contribution < 1.29 is 4.52 Å². The van der Waals surface area contributed by atoms with E-state index in [0.717, 1.165) is 11.7 Å². The van der Waals surface area contributed by atoms with Crippen LogP contribution in [0.2, 0.25) is 0 Å². The predicted molar refractivity (Wildman–Crippen MR) is 50.7 cm³/mol. The maximum Gasteiger partial charge on any atom is 0.242 e. The molecule has 0 N–H and O–H groups in total. The Hall–Kier alpha value is -0.510. The van der Waals surface area contributed by atoms with E-state index in [1.165, 1.54) is 25.7 Å². The van der Waals surface area contributed by atoms with Gasteiger partial charge in [-0.2, -0.15) is 4.98 Å². The summed E-state index contributed by atoms with van der Waals surface area (Å²) in [6.07, 6.45) is 6.99. The zero-order valence-electron chi connectivity index (χ0n) is 7.62. The van der Waals surface area contributed by atoms with Crippen LogP contribution in [0.15, 0.2) is 4.52 Å². The molecule has 13 heavy (non-hydrogen) atoms. The lowest BCUT2D eigenvalue weighted by Gasteiger charge is -2.02. The predicted octanol–water partition coefficient (Wildman–Crippen LogP) is 2.30. The Balaban J connectivity index is 1.88. The first-order valence-corrected chi connectivity index (χ1v) is 5.96. The first-order valence-electron chi connectivity index (χ1n) is 4.73. The molecule has 3 nitrogen and oxygen atoms in total. The summed E-state index contributed by atoms with van der Waals surface area (Å²) in [6, 6.07) is 0. The van der Waals surface area contributed by atoms with Crippen molar-refractivity contribution in [1.82, 2.24) is 10.1 Å². The molecule has 70 valence electrons. The average Bonchev–Trinajstić information content (AvgIpc) is 3.07. The Labute approximate surface area is 81.3 Å². The quantitative estimate of drug-likeness (QED) is 0.743. The van der Waals surface area contributed by atoms with Gasteiger partial charge in [0, 0.05) is 5.92 Å². The molecule has 2 aliphatic rings. The number of nitrogens with zero attached hydrogens (tertiary/aromatic N) is 2. The van der Waals surface area contributed by atoms with E-state index >= 15 is 0 Å². The minimum atomic E-state index is 0.195. The van der Waals surface area contributed by atoms with Gasteiger partial charge in [-0.3, -0.25) is 0 Å². The molecule has 2 fully saturated rings. The molecule has 0 bridgehead atoms. The van der Waals surface area contributed by atoms with Crippen molar-refractivity contribution in [3.05, 3.63) is 11.7 Å². The minimum absolute atomic E-state index is 0.195. The first-order chi connectivity index (χ1) is 6.34. The van der Waals surface area contributed by atoms with Gasteiger partial charge in [-0.05, 0) is 31.9 Å². The van der Waals surface area contributed by atoms with Crippen LogP contribution in [0.4, 0.5) is 0 Å². The molecule has 4 heteroatoms. The first kappa shape index (κ1) is 7.85. The van der Waals surface area contributed by atoms with Crippen molar-refractivity contribution in [2.24, 2.45) is 0 Å². The molecule has 0 amide bonds. The van der Waals surface area contributed by atoms with Crippen LogP contribution in [0.1, 0.15) is 43.3 Å². The van der Waals surface area contributed by atoms with Crippen LogP contribution in [0, 0.1) is 0 Å². The summed E-state index contributed by atoms with van der Waals surface area (Å²) >= 11 is 1.84. The Kier molecular flexibility index (Phi) is 1.51. The van der Waals surface area contributed by atoms with Crippen molar-refractivity contribution in [2.45, 2.75) is 36.3 Å². The maximum absolute atomic E-state index is 5.30. The van der Waals surface area contributed by atoms with Gasteiger partial charge in [-0.25, -0.2) is 0 Å². The fraction of sp³-hybridized carbons (Fsp3) is 0.778. The van der Waals surface area contributed by atoms with E-state index < -0.39 is 0 Å². The normalized spacial score (nSPS) is 24.7. The Morgan fingerprint density at radius 1 is 1.46 bits per heavy atom. The van der Waals surface area contributed by atoms with Crippen molar-refractivity contribution in [1.29, 1.82) is 0 Å². The summed E-state index contributed by atoms with van der Waals surface area (Å²) in [4.78, 5) is 4.48. The van der Waals surface area contributed by atoms with E-state index in [-0.39, 0.29) is 4.75 Å². The van der Waals surface area contributed by atoms with Crippen molar-refractivity contribution in [2.75, 3.05) is 6.26 Å². The number of rotatable bonds is 3. The van der Waals surface area contributed by atoms with Gasteiger partial charge in [0.1, 0.15) is 0 Å². The Bertz CT molecular complexity index is 328. The monoisotopic (exact) mass is 196 g/mol. The van der Waals surface area contributed by atoms with Gasteiger partial charge in [0.15, 0.2) is 5.82 Å². The smallest absolute Gasteiger partial charge is 0.242 e. The van der Waals surface area contributed by atoms with Crippen LogP contribution in [0.5, 0.6) is 0 Å². The summed E-state index contributed by atoms with van der Waals surface area (Å²) in [6.45, 7) is 0. The fourth-order valence-corrected chi connectivity index (χ4v) is 2.31. The van der Waals surface area contributed by atoms with Gasteiger partial charge in [0.25, 0.3) is 0 Å². The SMILES string of the molecule is CSC1(c2nc(C3CC3)no2)CC1. The van der Waals surface area contributed by atoms with Crippen LogP contribution in [-0.2, 0) is 4.75 Å². The molecule has 0 unspecified atom stereocenters. The largest absolute Gasteiger partial charge is 0.338 e. The molecule has 0 atom stereocenters. The summed E-state index contributed by atoms with van der Waals surface area (Å²) in [5.74, 6) is 2.41. The molecule has 3 rings (SSSR count). The number of aromatic nitrogens is 2. The van der Waals surface area contributed by atoms with Crippen LogP contribution < -0.4 is 0 Å². The van der Waals surface area contributed by atoms with Crippen LogP contribution in [-0.4, -0.2) is 16.4 Å². The highest BCUT2D eigenvalue weighted by Crippen LogP contribution is 2.55. The molecule has 0 aliphatic heterocycles. The van der Waals surface area contributed by atoms with E-state index in [9.17, 15) is 0 Å². The van der Waals surface area contributed by atoms with Gasteiger partial charge < -0.3 is 4.52 Å². The van der Waals surface area contributed by atoms with Crippen molar-refractivity contribution >= 4 is 11.8 Å². The number of thioether (sulfide) groups is 1. The summed E-state index contributed by atoms with van der Waals surface area (Å²) in [5.41, 5.74) is 0. The molecule has 0 saturated heterocycles. The van der Waals surface area contributed by atoms with Gasteiger partial charge in [-0.15, -0.1) is 11.8 Å². The average molecular weight is 196 g/mol. The third-order valence-corrected chi connectivity index (χ3v) is 4.23. The van der Waals surface area contributed by atoms with E-state index in [1.54, 1.807) is 0 Å². The number of hydrogen-bond donors (Lipinski definition) is 0. The second-order valence-electron chi connectivity index (χ2n) is 3.93. The molecule has 1 aromatic rings. The third kappa shape index (κ3) is 1.19. The second kappa shape index (κ2) is 2.50. The zero-order valence-corrected chi connectivity index (χ0v) is 8.43. The van der Waals surface area contributed by atoms with Gasteiger partial charge in [0.2, 0.25) is 5.89 Å². The second-order valence-corrected chi connectivity index (χ2v) is 5.12. The highest BCUT2D eigenvalue weighted by Gasteiger charge is 2.49.